The van der Waals surface area contributed by atoms with Gasteiger partial charge in [0.05, 0.1) is 59.9 Å². The highest BCUT2D eigenvalue weighted by atomic mass is 16.8. The van der Waals surface area contributed by atoms with Crippen LogP contribution in [-0.4, -0.2) is 80.4 Å². The summed E-state index contributed by atoms with van der Waals surface area (Å²) in [5.74, 6) is -1.99. The minimum absolute atomic E-state index is 0.0273. The standard InChI is InChI=1S/C44H71NO9/c1-11-32(40-45-23-24-49-40)34-16-15-26(4)38(51-34)30(8)36(46)29(7)37(47)33(12-2)39-27(5)25-28(6)44(52-39)19-14-18-43(54-44)22-21-41(10,53-43)35-17-20-42(48,13-3)31(9)50-35/h14,19,23-24,26-36,38-39,46,48H,11-13,15-18,20-22,25H2,1-10H3. The summed E-state index contributed by atoms with van der Waals surface area (Å²) < 4.78 is 40.0. The zero-order valence-corrected chi connectivity index (χ0v) is 34.8. The molecule has 4 fully saturated rings. The van der Waals surface area contributed by atoms with Gasteiger partial charge in [0, 0.05) is 36.5 Å². The second-order valence-corrected chi connectivity index (χ2v) is 18.3. The molecule has 17 atom stereocenters. The van der Waals surface area contributed by atoms with E-state index >= 15 is 0 Å². The maximum Gasteiger partial charge on any atom is 0.199 e. The molecule has 0 bridgehead atoms. The van der Waals surface area contributed by atoms with Gasteiger partial charge in [-0.05, 0) is 89.5 Å². The highest BCUT2D eigenvalue weighted by Crippen LogP contribution is 2.54. The lowest BCUT2D eigenvalue weighted by Crippen LogP contribution is -2.60. The van der Waals surface area contributed by atoms with E-state index in [9.17, 15) is 15.0 Å². The van der Waals surface area contributed by atoms with Crippen molar-refractivity contribution < 1.29 is 43.1 Å². The van der Waals surface area contributed by atoms with E-state index in [1.807, 2.05) is 34.6 Å². The first kappa shape index (κ1) is 42.0. The molecule has 1 aromatic rings. The molecule has 5 aliphatic rings. The molecule has 0 radical (unpaired) electrons. The van der Waals surface area contributed by atoms with Crippen LogP contribution >= 0.6 is 0 Å². The number of oxazole rings is 1. The lowest BCUT2D eigenvalue weighted by atomic mass is 9.72. The smallest absolute Gasteiger partial charge is 0.199 e. The van der Waals surface area contributed by atoms with Gasteiger partial charge in [-0.1, -0.05) is 61.5 Å². The summed E-state index contributed by atoms with van der Waals surface area (Å²) in [4.78, 5) is 19.0. The second-order valence-electron chi connectivity index (χ2n) is 18.3. The Morgan fingerprint density at radius 3 is 2.37 bits per heavy atom. The summed E-state index contributed by atoms with van der Waals surface area (Å²) in [6.07, 6.45) is 13.9. The summed E-state index contributed by atoms with van der Waals surface area (Å²) in [5.41, 5.74) is -1.37. The number of carbonyl (C=O) groups excluding carboxylic acids is 1. The van der Waals surface area contributed by atoms with E-state index in [-0.39, 0.29) is 65.9 Å². The molecule has 0 aromatic carbocycles. The Morgan fingerprint density at radius 2 is 1.72 bits per heavy atom. The van der Waals surface area contributed by atoms with E-state index < -0.39 is 40.7 Å². The van der Waals surface area contributed by atoms with Crippen LogP contribution in [0.4, 0.5) is 0 Å². The minimum Gasteiger partial charge on any atom is -0.449 e. The predicted molar refractivity (Wildman–Crippen MR) is 205 cm³/mol. The van der Waals surface area contributed by atoms with Crippen molar-refractivity contribution in [3.05, 3.63) is 30.5 Å². The molecule has 54 heavy (non-hydrogen) atoms. The fraction of sp³-hybridized carbons (Fsp3) is 0.864. The second kappa shape index (κ2) is 16.3. The van der Waals surface area contributed by atoms with Crippen LogP contribution in [0.5, 0.6) is 0 Å². The van der Waals surface area contributed by atoms with E-state index in [4.69, 9.17) is 28.1 Å². The Kier molecular flexibility index (Phi) is 12.7. The van der Waals surface area contributed by atoms with E-state index in [1.54, 1.807) is 12.5 Å². The Labute approximate surface area is 324 Å². The van der Waals surface area contributed by atoms with Gasteiger partial charge in [-0.15, -0.1) is 0 Å². The van der Waals surface area contributed by atoms with E-state index in [0.29, 0.717) is 38.0 Å². The van der Waals surface area contributed by atoms with Gasteiger partial charge in [-0.2, -0.15) is 0 Å². The van der Waals surface area contributed by atoms with E-state index in [2.05, 4.69) is 51.8 Å². The van der Waals surface area contributed by atoms with Crippen LogP contribution in [0.25, 0.3) is 0 Å². The molecule has 10 heteroatoms. The molecular weight excluding hydrogens is 686 g/mol. The van der Waals surface area contributed by atoms with Crippen LogP contribution in [0.15, 0.2) is 29.0 Å². The molecule has 0 saturated carbocycles. The maximum atomic E-state index is 14.5. The molecule has 6 rings (SSSR count). The number of ketones is 1. The average Bonchev–Trinajstić information content (AvgIpc) is 3.80. The van der Waals surface area contributed by atoms with Crippen molar-refractivity contribution in [2.45, 2.75) is 205 Å². The van der Waals surface area contributed by atoms with E-state index in [1.165, 1.54) is 0 Å². The zero-order chi connectivity index (χ0) is 39.2. The number of aromatic nitrogens is 1. The maximum absolute atomic E-state index is 14.5. The molecular formula is C44H71NO9. The quantitative estimate of drug-likeness (QED) is 0.201. The normalized spacial score (nSPS) is 44.2. The fourth-order valence-electron chi connectivity index (χ4n) is 10.9. The van der Waals surface area contributed by atoms with Gasteiger partial charge in [-0.3, -0.25) is 4.79 Å². The van der Waals surface area contributed by atoms with E-state index in [0.717, 1.165) is 38.5 Å². The number of hydrogen-bond acceptors (Lipinski definition) is 10. The molecule has 6 heterocycles. The predicted octanol–water partition coefficient (Wildman–Crippen LogP) is 8.29. The topological polar surface area (TPSA) is 130 Å². The third-order valence-corrected chi connectivity index (χ3v) is 14.8. The van der Waals surface area contributed by atoms with Crippen LogP contribution in [0, 0.1) is 35.5 Å². The Morgan fingerprint density at radius 1 is 0.963 bits per heavy atom. The van der Waals surface area contributed by atoms with Crippen molar-refractivity contribution >= 4 is 5.78 Å². The molecule has 5 aliphatic heterocycles. The number of aliphatic hydroxyl groups is 2. The van der Waals surface area contributed by atoms with Gasteiger partial charge in [0.2, 0.25) is 0 Å². The monoisotopic (exact) mass is 758 g/mol. The Hall–Kier alpha value is -1.66. The summed E-state index contributed by atoms with van der Waals surface area (Å²) in [7, 11) is 0. The van der Waals surface area contributed by atoms with Crippen LogP contribution in [0.2, 0.25) is 0 Å². The molecule has 4 saturated heterocycles. The number of carbonyl (C=O) groups is 1. The van der Waals surface area contributed by atoms with Gasteiger partial charge in [-0.25, -0.2) is 4.98 Å². The zero-order valence-electron chi connectivity index (χ0n) is 34.8. The van der Waals surface area contributed by atoms with Crippen molar-refractivity contribution in [2.75, 3.05) is 0 Å². The number of ether oxygens (including phenoxy) is 5. The summed E-state index contributed by atoms with van der Waals surface area (Å²) in [6.45, 7) is 20.7. The third-order valence-electron chi connectivity index (χ3n) is 14.8. The van der Waals surface area contributed by atoms with Crippen molar-refractivity contribution in [1.82, 2.24) is 4.98 Å². The van der Waals surface area contributed by atoms with Crippen LogP contribution in [-0.2, 0) is 28.5 Å². The van der Waals surface area contributed by atoms with Crippen LogP contribution < -0.4 is 0 Å². The van der Waals surface area contributed by atoms with Gasteiger partial charge in [0.1, 0.15) is 12.0 Å². The largest absolute Gasteiger partial charge is 0.449 e. The number of hydrogen-bond donors (Lipinski definition) is 2. The molecule has 2 N–H and O–H groups in total. The van der Waals surface area contributed by atoms with Crippen molar-refractivity contribution in [3.8, 4) is 0 Å². The number of Topliss-reactive ketones (excluding diaryl/α,β-unsaturated/α-hetero) is 1. The van der Waals surface area contributed by atoms with Crippen molar-refractivity contribution in [1.29, 1.82) is 0 Å². The summed E-state index contributed by atoms with van der Waals surface area (Å²) >= 11 is 0. The number of rotatable bonds is 12. The number of nitrogens with zero attached hydrogens (tertiary/aromatic N) is 1. The highest BCUT2D eigenvalue weighted by molar-refractivity contribution is 5.84. The average molecular weight is 758 g/mol. The first-order valence-electron chi connectivity index (χ1n) is 21.4. The van der Waals surface area contributed by atoms with Crippen molar-refractivity contribution in [3.63, 3.8) is 0 Å². The lowest BCUT2D eigenvalue weighted by Gasteiger charge is -2.53. The molecule has 0 aliphatic carbocycles. The van der Waals surface area contributed by atoms with Gasteiger partial charge >= 0.3 is 0 Å². The first-order chi connectivity index (χ1) is 25.5. The minimum atomic E-state index is -1.04. The Bertz CT molecular complexity index is 1440. The SMILES string of the molecule is CCC(C(=O)C(C)C(O)C(C)C1OC(C(CC)c2ncco2)CCC1C)C1OC2(C=CCC3(CCC(C)(C4CCC(O)(CC)C(C)O4)O3)O2)C(C)CC1C. The van der Waals surface area contributed by atoms with Gasteiger partial charge in [0.15, 0.2) is 17.5 Å². The highest BCUT2D eigenvalue weighted by Gasteiger charge is 2.60. The third kappa shape index (κ3) is 7.80. The molecule has 306 valence electrons. The lowest BCUT2D eigenvalue weighted by molar-refractivity contribution is -0.393. The van der Waals surface area contributed by atoms with Gasteiger partial charge < -0.3 is 38.3 Å². The molecule has 2 spiro atoms. The molecule has 1 aromatic heterocycles. The summed E-state index contributed by atoms with van der Waals surface area (Å²) in [5, 5.41) is 22.9. The fourth-order valence-corrected chi connectivity index (χ4v) is 10.9. The number of aliphatic hydroxyl groups excluding tert-OH is 1. The van der Waals surface area contributed by atoms with Crippen LogP contribution in [0.3, 0.4) is 0 Å². The first-order valence-corrected chi connectivity index (χ1v) is 21.4. The van der Waals surface area contributed by atoms with Crippen LogP contribution in [0.1, 0.15) is 152 Å². The summed E-state index contributed by atoms with van der Waals surface area (Å²) in [6, 6.07) is 0. The molecule has 0 amide bonds. The Balaban J connectivity index is 1.14. The van der Waals surface area contributed by atoms with Crippen molar-refractivity contribution in [2.24, 2.45) is 35.5 Å². The van der Waals surface area contributed by atoms with Gasteiger partial charge in [0.25, 0.3) is 0 Å². The molecule has 17 unspecified atom stereocenters. The molecule has 10 nitrogen and oxygen atoms in total.